The first-order valence-corrected chi connectivity index (χ1v) is 12.1. The number of furan rings is 1. The maximum absolute atomic E-state index is 14.2. The molecule has 2 N–H and O–H groups in total. The van der Waals surface area contributed by atoms with Gasteiger partial charge in [0.15, 0.2) is 5.76 Å². The Morgan fingerprint density at radius 3 is 2.79 bits per heavy atom. The molecule has 1 amide bonds. The molecule has 2 aromatic carbocycles. The molecule has 2 aliphatic rings. The maximum Gasteiger partial charge on any atom is 0.287 e. The van der Waals surface area contributed by atoms with Gasteiger partial charge in [0.05, 0.1) is 11.7 Å². The number of likely N-dealkylation sites (tertiary alicyclic amines) is 1. The molecular formula is C26H28ClFN2O4. The van der Waals surface area contributed by atoms with Crippen LogP contribution < -0.4 is 5.32 Å². The van der Waals surface area contributed by atoms with Gasteiger partial charge in [-0.1, -0.05) is 23.7 Å². The third kappa shape index (κ3) is 4.84. The van der Waals surface area contributed by atoms with Gasteiger partial charge >= 0.3 is 0 Å². The lowest BCUT2D eigenvalue weighted by atomic mass is 9.84. The van der Waals surface area contributed by atoms with Crippen molar-refractivity contribution in [2.45, 2.75) is 43.9 Å². The number of nitrogens with one attached hydrogen (secondary N) is 1. The Kier molecular flexibility index (Phi) is 6.62. The SMILES string of the molecule is O=C(NCC1CCCO1)c1cc2cc(C3(O)CCN(Cc4c(F)cccc4Cl)CC3)ccc2o1. The summed E-state index contributed by atoms with van der Waals surface area (Å²) in [5.41, 5.74) is 0.875. The summed E-state index contributed by atoms with van der Waals surface area (Å²) < 4.78 is 25.4. The van der Waals surface area contributed by atoms with Crippen LogP contribution in [0.15, 0.2) is 46.9 Å². The van der Waals surface area contributed by atoms with Crippen molar-refractivity contribution in [2.75, 3.05) is 26.2 Å². The number of halogens is 2. The molecule has 2 fully saturated rings. The van der Waals surface area contributed by atoms with Crippen molar-refractivity contribution in [2.24, 2.45) is 0 Å². The average Bonchev–Trinajstić information content (AvgIpc) is 3.51. The second-order valence-corrected chi connectivity index (χ2v) is 9.62. The number of hydrogen-bond acceptors (Lipinski definition) is 5. The highest BCUT2D eigenvalue weighted by Gasteiger charge is 2.34. The third-order valence-electron chi connectivity index (χ3n) is 6.92. The lowest BCUT2D eigenvalue weighted by Gasteiger charge is -2.38. The number of amides is 1. The number of hydrogen-bond donors (Lipinski definition) is 2. The van der Waals surface area contributed by atoms with E-state index in [0.717, 1.165) is 30.4 Å². The largest absolute Gasteiger partial charge is 0.451 e. The molecule has 0 radical (unpaired) electrons. The summed E-state index contributed by atoms with van der Waals surface area (Å²) in [5, 5.41) is 15.4. The highest BCUT2D eigenvalue weighted by Crippen LogP contribution is 2.36. The minimum Gasteiger partial charge on any atom is -0.451 e. The molecule has 1 atom stereocenters. The zero-order valence-electron chi connectivity index (χ0n) is 18.9. The molecule has 3 heterocycles. The van der Waals surface area contributed by atoms with Crippen molar-refractivity contribution in [3.63, 3.8) is 0 Å². The van der Waals surface area contributed by atoms with Gasteiger partial charge in [0, 0.05) is 48.8 Å². The van der Waals surface area contributed by atoms with E-state index in [9.17, 15) is 14.3 Å². The predicted octanol–water partition coefficient (Wildman–Crippen LogP) is 4.62. The van der Waals surface area contributed by atoms with Crippen LogP contribution in [-0.4, -0.2) is 48.3 Å². The van der Waals surface area contributed by atoms with Crippen LogP contribution in [-0.2, 0) is 16.9 Å². The molecule has 34 heavy (non-hydrogen) atoms. The molecule has 2 aliphatic heterocycles. The van der Waals surface area contributed by atoms with Crippen molar-refractivity contribution in [1.29, 1.82) is 0 Å². The fourth-order valence-corrected chi connectivity index (χ4v) is 5.04. The van der Waals surface area contributed by atoms with Gasteiger partial charge in [-0.2, -0.15) is 0 Å². The highest BCUT2D eigenvalue weighted by atomic mass is 35.5. The molecular weight excluding hydrogens is 459 g/mol. The van der Waals surface area contributed by atoms with Gasteiger partial charge in [-0.05, 0) is 61.6 Å². The smallest absolute Gasteiger partial charge is 0.287 e. The summed E-state index contributed by atoms with van der Waals surface area (Å²) in [6.07, 6.45) is 3.06. The van der Waals surface area contributed by atoms with E-state index in [1.54, 1.807) is 24.3 Å². The van der Waals surface area contributed by atoms with E-state index in [0.29, 0.717) is 55.2 Å². The summed E-state index contributed by atoms with van der Waals surface area (Å²) in [6, 6.07) is 12.0. The molecule has 6 nitrogen and oxygen atoms in total. The van der Waals surface area contributed by atoms with Gasteiger partial charge in [0.25, 0.3) is 5.91 Å². The Balaban J connectivity index is 1.24. The van der Waals surface area contributed by atoms with Crippen LogP contribution in [0.2, 0.25) is 5.02 Å². The van der Waals surface area contributed by atoms with E-state index >= 15 is 0 Å². The molecule has 2 saturated heterocycles. The van der Waals surface area contributed by atoms with E-state index < -0.39 is 5.60 Å². The van der Waals surface area contributed by atoms with Gasteiger partial charge in [-0.15, -0.1) is 0 Å². The lowest BCUT2D eigenvalue weighted by molar-refractivity contribution is -0.0278. The third-order valence-corrected chi connectivity index (χ3v) is 7.27. The summed E-state index contributed by atoms with van der Waals surface area (Å²) in [4.78, 5) is 14.6. The standard InChI is InChI=1S/C26H28ClFN2O4/c27-21-4-1-5-22(28)20(21)16-30-10-8-26(32,9-11-30)18-6-7-23-17(13-18)14-24(34-23)25(31)29-15-19-3-2-12-33-19/h1,4-7,13-14,19,32H,2-3,8-12,15-16H2,(H,29,31). The number of piperidine rings is 1. The number of aliphatic hydroxyl groups is 1. The molecule has 1 unspecified atom stereocenters. The highest BCUT2D eigenvalue weighted by molar-refractivity contribution is 6.31. The van der Waals surface area contributed by atoms with Crippen molar-refractivity contribution in [3.05, 3.63) is 70.2 Å². The summed E-state index contributed by atoms with van der Waals surface area (Å²) in [7, 11) is 0. The minimum atomic E-state index is -0.997. The molecule has 0 spiro atoms. The first-order valence-electron chi connectivity index (χ1n) is 11.7. The summed E-state index contributed by atoms with van der Waals surface area (Å²) in [6.45, 7) is 2.84. The number of nitrogens with zero attached hydrogens (tertiary/aromatic N) is 1. The Labute approximate surface area is 202 Å². The Bertz CT molecular complexity index is 1160. The topological polar surface area (TPSA) is 74.9 Å². The van der Waals surface area contributed by atoms with E-state index in [4.69, 9.17) is 20.8 Å². The van der Waals surface area contributed by atoms with E-state index in [1.165, 1.54) is 6.07 Å². The number of carbonyl (C=O) groups excluding carboxylic acids is 1. The van der Waals surface area contributed by atoms with Crippen LogP contribution in [0.5, 0.6) is 0 Å². The number of benzene rings is 2. The summed E-state index contributed by atoms with van der Waals surface area (Å²) in [5.74, 6) is -0.338. The first kappa shape index (κ1) is 23.3. The normalized spacial score (nSPS) is 20.6. The minimum absolute atomic E-state index is 0.0643. The molecule has 3 aromatic rings. The second kappa shape index (κ2) is 9.66. The van der Waals surface area contributed by atoms with E-state index in [1.807, 2.05) is 12.1 Å². The molecule has 8 heteroatoms. The molecule has 0 aliphatic carbocycles. The van der Waals surface area contributed by atoms with Gasteiger partial charge in [0.1, 0.15) is 11.4 Å². The predicted molar refractivity (Wildman–Crippen MR) is 127 cm³/mol. The van der Waals surface area contributed by atoms with E-state index in [2.05, 4.69) is 10.2 Å². The molecule has 0 saturated carbocycles. The number of fused-ring (bicyclic) bond motifs is 1. The van der Waals surface area contributed by atoms with Gasteiger partial charge in [0.2, 0.25) is 0 Å². The van der Waals surface area contributed by atoms with Crippen LogP contribution >= 0.6 is 11.6 Å². The second-order valence-electron chi connectivity index (χ2n) is 9.22. The Hall–Kier alpha value is -2.45. The maximum atomic E-state index is 14.2. The molecule has 0 bridgehead atoms. The fraction of sp³-hybridized carbons (Fsp3) is 0.423. The van der Waals surface area contributed by atoms with Gasteiger partial charge in [-0.3, -0.25) is 9.69 Å². The zero-order valence-corrected chi connectivity index (χ0v) is 19.6. The van der Waals surface area contributed by atoms with Gasteiger partial charge in [-0.25, -0.2) is 4.39 Å². The molecule has 1 aromatic heterocycles. The first-order chi connectivity index (χ1) is 16.4. The summed E-state index contributed by atoms with van der Waals surface area (Å²) >= 11 is 6.17. The van der Waals surface area contributed by atoms with Crippen LogP contribution in [0.25, 0.3) is 11.0 Å². The molecule has 180 valence electrons. The van der Waals surface area contributed by atoms with Gasteiger partial charge < -0.3 is 19.6 Å². The molecule has 5 rings (SSSR count). The number of carbonyl (C=O) groups is 1. The van der Waals surface area contributed by atoms with Crippen LogP contribution in [0, 0.1) is 5.82 Å². The number of ether oxygens (including phenoxy) is 1. The van der Waals surface area contributed by atoms with E-state index in [-0.39, 0.29) is 23.6 Å². The van der Waals surface area contributed by atoms with Crippen molar-refractivity contribution in [3.8, 4) is 0 Å². The van der Waals surface area contributed by atoms with Crippen LogP contribution in [0.3, 0.4) is 0 Å². The quantitative estimate of drug-likeness (QED) is 0.532. The zero-order chi connectivity index (χ0) is 23.7. The van der Waals surface area contributed by atoms with Crippen molar-refractivity contribution in [1.82, 2.24) is 10.2 Å². The lowest BCUT2D eigenvalue weighted by Crippen LogP contribution is -2.42. The van der Waals surface area contributed by atoms with Crippen LogP contribution in [0.1, 0.15) is 47.4 Å². The van der Waals surface area contributed by atoms with Crippen LogP contribution in [0.4, 0.5) is 4.39 Å². The monoisotopic (exact) mass is 486 g/mol. The van der Waals surface area contributed by atoms with Crippen molar-refractivity contribution < 1.29 is 23.4 Å². The Morgan fingerprint density at radius 2 is 2.06 bits per heavy atom. The van der Waals surface area contributed by atoms with Crippen molar-refractivity contribution >= 4 is 28.5 Å². The average molecular weight is 487 g/mol. The number of rotatable bonds is 6. The fourth-order valence-electron chi connectivity index (χ4n) is 4.82. The Morgan fingerprint density at radius 1 is 1.24 bits per heavy atom.